The number of hydrogen-bond donors (Lipinski definition) is 2. The molecule has 1 aromatic rings. The second-order valence-corrected chi connectivity index (χ2v) is 9.29. The van der Waals surface area contributed by atoms with Crippen molar-refractivity contribution >= 4 is 11.7 Å². The third-order valence-corrected chi connectivity index (χ3v) is 6.99. The number of alkyl halides is 2. The Morgan fingerprint density at radius 1 is 1.25 bits per heavy atom. The van der Waals surface area contributed by atoms with E-state index in [1.165, 1.54) is 19.1 Å². The third-order valence-electron chi connectivity index (χ3n) is 6.99. The molecule has 1 fully saturated rings. The maximum atomic E-state index is 14.6. The third kappa shape index (κ3) is 4.21. The predicted octanol–water partition coefficient (Wildman–Crippen LogP) is 3.12. The van der Waals surface area contributed by atoms with Crippen molar-refractivity contribution in [3.8, 4) is 11.4 Å². The van der Waals surface area contributed by atoms with Crippen molar-refractivity contribution in [3.63, 3.8) is 0 Å². The number of aliphatic hydroxyl groups is 1. The van der Waals surface area contributed by atoms with Crippen LogP contribution in [0.25, 0.3) is 11.4 Å². The number of pyridine rings is 1. The predicted molar refractivity (Wildman–Crippen MR) is 126 cm³/mol. The molecule has 190 valence electrons. The summed E-state index contributed by atoms with van der Waals surface area (Å²) in [5.41, 5.74) is -0.238. The lowest BCUT2D eigenvalue weighted by Crippen LogP contribution is -2.45. The van der Waals surface area contributed by atoms with E-state index in [0.717, 1.165) is 11.9 Å². The van der Waals surface area contributed by atoms with Crippen LogP contribution in [0.3, 0.4) is 0 Å². The van der Waals surface area contributed by atoms with Crippen LogP contribution in [-0.2, 0) is 23.5 Å². The Balaban J connectivity index is 1.61. The van der Waals surface area contributed by atoms with Crippen LogP contribution in [0, 0.1) is 12.7 Å². The minimum Gasteiger partial charge on any atom is -0.385 e. The van der Waals surface area contributed by atoms with Gasteiger partial charge in [-0.3, -0.25) is 9.79 Å². The van der Waals surface area contributed by atoms with Gasteiger partial charge in [-0.2, -0.15) is 0 Å². The SMILES string of the molecule is CC(=O)N1CCC(O)(c2cc3c(=NCc4cccc(C(F)F)c4F)nc(C)nc-3n3c2NCC3)CC1. The van der Waals surface area contributed by atoms with Crippen LogP contribution in [0.5, 0.6) is 0 Å². The topological polar surface area (TPSA) is 95.6 Å². The number of benzene rings is 1. The Morgan fingerprint density at radius 2 is 2.00 bits per heavy atom. The summed E-state index contributed by atoms with van der Waals surface area (Å²) in [7, 11) is 0. The summed E-state index contributed by atoms with van der Waals surface area (Å²) < 4.78 is 42.9. The smallest absolute Gasteiger partial charge is 0.266 e. The fraction of sp³-hybridized carbons (Fsp3) is 0.440. The second kappa shape index (κ2) is 9.20. The molecule has 0 aromatic heterocycles. The van der Waals surface area contributed by atoms with Crippen LogP contribution >= 0.6 is 0 Å². The quantitative estimate of drug-likeness (QED) is 0.574. The van der Waals surface area contributed by atoms with Crippen LogP contribution in [0.15, 0.2) is 29.3 Å². The van der Waals surface area contributed by atoms with Crippen molar-refractivity contribution in [2.75, 3.05) is 25.0 Å². The summed E-state index contributed by atoms with van der Waals surface area (Å²) in [6.45, 7) is 5.22. The number of nitrogens with one attached hydrogen (secondary N) is 1. The summed E-state index contributed by atoms with van der Waals surface area (Å²) in [4.78, 5) is 27.1. The van der Waals surface area contributed by atoms with E-state index in [2.05, 4.69) is 20.3 Å². The molecule has 0 aliphatic carbocycles. The fourth-order valence-corrected chi connectivity index (χ4v) is 5.03. The molecule has 0 spiro atoms. The van der Waals surface area contributed by atoms with E-state index in [1.807, 2.05) is 10.6 Å². The average molecular weight is 501 g/mol. The minimum absolute atomic E-state index is 0.0265. The van der Waals surface area contributed by atoms with Crippen molar-refractivity contribution in [3.05, 3.63) is 58.1 Å². The summed E-state index contributed by atoms with van der Waals surface area (Å²) in [6, 6.07) is 5.68. The number of fused-ring (bicyclic) bond motifs is 3. The van der Waals surface area contributed by atoms with E-state index < -0.39 is 23.4 Å². The van der Waals surface area contributed by atoms with Crippen molar-refractivity contribution in [2.45, 2.75) is 51.8 Å². The van der Waals surface area contributed by atoms with E-state index in [1.54, 1.807) is 11.8 Å². The number of aryl methyl sites for hydroxylation is 1. The summed E-state index contributed by atoms with van der Waals surface area (Å²) in [5, 5.41) is 15.0. The molecule has 1 saturated heterocycles. The molecule has 36 heavy (non-hydrogen) atoms. The molecule has 0 saturated carbocycles. The van der Waals surface area contributed by atoms with Gasteiger partial charge in [-0.05, 0) is 25.8 Å². The Bertz CT molecular complexity index is 1360. The van der Waals surface area contributed by atoms with E-state index in [4.69, 9.17) is 0 Å². The van der Waals surface area contributed by atoms with Gasteiger partial charge in [0.15, 0.2) is 5.49 Å². The molecular weight excluding hydrogens is 473 g/mol. The molecule has 0 radical (unpaired) electrons. The molecule has 0 atom stereocenters. The van der Waals surface area contributed by atoms with Gasteiger partial charge in [0.05, 0.1) is 23.3 Å². The first-order valence-corrected chi connectivity index (χ1v) is 11.9. The molecule has 0 bridgehead atoms. The standard InChI is InChI=1S/C25H27F3N6O2/c1-14-31-22(30-13-16-4-3-5-17(20(16)26)21(27)28)18-12-19(24-29-8-11-34(24)23(18)32-14)25(36)6-9-33(10-7-25)15(2)35/h3-5,12,21,29,36H,6-11,13H2,1-2H3. The van der Waals surface area contributed by atoms with Crippen LogP contribution < -0.4 is 10.8 Å². The Labute approximate surface area is 205 Å². The van der Waals surface area contributed by atoms with Crippen molar-refractivity contribution in [2.24, 2.45) is 4.99 Å². The van der Waals surface area contributed by atoms with E-state index in [-0.39, 0.29) is 18.0 Å². The number of aromatic nitrogens is 3. The number of nitrogens with zero attached hydrogens (tertiary/aromatic N) is 5. The Morgan fingerprint density at radius 3 is 2.69 bits per heavy atom. The summed E-state index contributed by atoms with van der Waals surface area (Å²) in [5.74, 6) is 0.850. The molecular formula is C25H27F3N6O2. The van der Waals surface area contributed by atoms with E-state index >= 15 is 0 Å². The van der Waals surface area contributed by atoms with Gasteiger partial charge in [0.2, 0.25) is 5.91 Å². The number of carbonyl (C=O) groups is 1. The summed E-state index contributed by atoms with van der Waals surface area (Å²) >= 11 is 0. The van der Waals surface area contributed by atoms with Gasteiger partial charge >= 0.3 is 0 Å². The number of rotatable bonds is 4. The summed E-state index contributed by atoms with van der Waals surface area (Å²) in [6.07, 6.45) is -2.17. The zero-order valence-corrected chi connectivity index (χ0v) is 20.1. The Kier molecular flexibility index (Phi) is 6.19. The maximum absolute atomic E-state index is 14.6. The monoisotopic (exact) mass is 500 g/mol. The molecule has 8 nitrogen and oxygen atoms in total. The minimum atomic E-state index is -2.92. The number of halogens is 3. The van der Waals surface area contributed by atoms with Crippen molar-refractivity contribution in [1.29, 1.82) is 0 Å². The van der Waals surface area contributed by atoms with E-state index in [9.17, 15) is 23.1 Å². The van der Waals surface area contributed by atoms with Crippen LogP contribution in [0.2, 0.25) is 0 Å². The van der Waals surface area contributed by atoms with Crippen molar-refractivity contribution < 1.29 is 23.1 Å². The lowest BCUT2D eigenvalue weighted by molar-refractivity contribution is -0.133. The molecule has 5 rings (SSSR count). The van der Waals surface area contributed by atoms with Gasteiger partial charge < -0.3 is 19.9 Å². The Hall–Kier alpha value is -3.47. The number of piperidine rings is 1. The largest absolute Gasteiger partial charge is 0.385 e. The molecule has 4 aliphatic rings. The van der Waals surface area contributed by atoms with Gasteiger partial charge in [0.1, 0.15) is 23.3 Å². The van der Waals surface area contributed by atoms with Crippen LogP contribution in [-0.4, -0.2) is 50.1 Å². The van der Waals surface area contributed by atoms with Gasteiger partial charge in [-0.25, -0.2) is 23.1 Å². The van der Waals surface area contributed by atoms with Gasteiger partial charge in [-0.1, -0.05) is 18.2 Å². The lowest BCUT2D eigenvalue weighted by Gasteiger charge is -2.39. The molecule has 4 heterocycles. The number of carbonyl (C=O) groups excluding carboxylic acids is 1. The molecule has 4 aliphatic heterocycles. The second-order valence-electron chi connectivity index (χ2n) is 9.29. The maximum Gasteiger partial charge on any atom is 0.266 e. The van der Waals surface area contributed by atoms with Crippen LogP contribution in [0.4, 0.5) is 19.0 Å². The molecule has 1 aromatic carbocycles. The highest BCUT2D eigenvalue weighted by molar-refractivity contribution is 5.73. The highest BCUT2D eigenvalue weighted by Gasteiger charge is 2.39. The molecule has 0 unspecified atom stereocenters. The molecule has 2 N–H and O–H groups in total. The molecule has 11 heteroatoms. The van der Waals surface area contributed by atoms with Crippen molar-refractivity contribution in [1.82, 2.24) is 19.4 Å². The van der Waals surface area contributed by atoms with Gasteiger partial charge in [0, 0.05) is 44.2 Å². The highest BCUT2D eigenvalue weighted by atomic mass is 19.3. The van der Waals surface area contributed by atoms with Crippen LogP contribution in [0.1, 0.15) is 48.7 Å². The van der Waals surface area contributed by atoms with E-state index in [0.29, 0.717) is 67.3 Å². The number of likely N-dealkylation sites (tertiary alicyclic amines) is 1. The number of hydrogen-bond acceptors (Lipinski definition) is 6. The first-order chi connectivity index (χ1) is 17.2. The lowest BCUT2D eigenvalue weighted by atomic mass is 9.83. The first kappa shape index (κ1) is 24.2. The number of anilines is 1. The van der Waals surface area contributed by atoms with Gasteiger partial charge in [-0.15, -0.1) is 0 Å². The van der Waals surface area contributed by atoms with Gasteiger partial charge in [0.25, 0.3) is 6.43 Å². The highest BCUT2D eigenvalue weighted by Crippen LogP contribution is 2.41. The fourth-order valence-electron chi connectivity index (χ4n) is 5.03. The average Bonchev–Trinajstić information content (AvgIpc) is 3.33. The zero-order chi connectivity index (χ0) is 25.6. The normalized spacial score (nSPS) is 17.5. The molecule has 1 amide bonds. The zero-order valence-electron chi connectivity index (χ0n) is 20.1. The number of amides is 1. The first-order valence-electron chi connectivity index (χ1n) is 11.9.